The number of hydrogen-bond donors (Lipinski definition) is 3. The zero-order chi connectivity index (χ0) is 21.2. The summed E-state index contributed by atoms with van der Waals surface area (Å²) in [7, 11) is 0. The molecule has 0 fully saturated rings. The smallest absolute Gasteiger partial charge is 0.244 e. The van der Waals surface area contributed by atoms with Crippen molar-refractivity contribution in [3.05, 3.63) is 66.1 Å². The Kier molecular flexibility index (Phi) is 8.21. The van der Waals surface area contributed by atoms with Crippen molar-refractivity contribution in [3.63, 3.8) is 0 Å². The lowest BCUT2D eigenvalue weighted by molar-refractivity contribution is -0.130. The maximum Gasteiger partial charge on any atom is 0.244 e. The maximum absolute atomic E-state index is 12.8. The largest absolute Gasteiger partial charge is 0.465 e. The molecule has 4 N–H and O–H groups in total. The van der Waals surface area contributed by atoms with Gasteiger partial charge in [-0.1, -0.05) is 44.2 Å². The van der Waals surface area contributed by atoms with Gasteiger partial charge in [0.15, 0.2) is 0 Å². The third-order valence-electron chi connectivity index (χ3n) is 4.22. The van der Waals surface area contributed by atoms with Gasteiger partial charge in [0, 0.05) is 12.5 Å². The summed E-state index contributed by atoms with van der Waals surface area (Å²) in [6.45, 7) is 3.87. The maximum atomic E-state index is 12.8. The number of amides is 3. The second-order valence-corrected chi connectivity index (χ2v) is 7.19. The van der Waals surface area contributed by atoms with E-state index in [1.54, 1.807) is 12.1 Å². The van der Waals surface area contributed by atoms with E-state index in [9.17, 15) is 14.4 Å². The van der Waals surface area contributed by atoms with Crippen LogP contribution < -0.4 is 16.4 Å². The van der Waals surface area contributed by atoms with Crippen LogP contribution in [0.1, 0.15) is 31.6 Å². The molecule has 1 heterocycles. The molecule has 0 saturated heterocycles. The fraction of sp³-hybridized carbons (Fsp3) is 0.318. The summed E-state index contributed by atoms with van der Waals surface area (Å²) in [6, 6.07) is 11.1. The normalized spacial score (nSPS) is 13.2. The van der Waals surface area contributed by atoms with Gasteiger partial charge in [-0.2, -0.15) is 0 Å². The van der Waals surface area contributed by atoms with Crippen LogP contribution >= 0.6 is 0 Å². The van der Waals surface area contributed by atoms with Crippen molar-refractivity contribution in [2.24, 2.45) is 11.7 Å². The van der Waals surface area contributed by atoms with Crippen molar-refractivity contribution in [1.82, 2.24) is 10.6 Å². The van der Waals surface area contributed by atoms with Crippen molar-refractivity contribution in [2.75, 3.05) is 0 Å². The number of nitrogens with two attached hydrogens (primary N) is 1. The molecule has 3 amide bonds. The van der Waals surface area contributed by atoms with Crippen molar-refractivity contribution in [2.45, 2.75) is 38.8 Å². The molecule has 0 aliphatic rings. The van der Waals surface area contributed by atoms with E-state index >= 15 is 0 Å². The monoisotopic (exact) mass is 397 g/mol. The summed E-state index contributed by atoms with van der Waals surface area (Å²) in [5.41, 5.74) is 6.30. The average molecular weight is 397 g/mol. The number of carbonyl (C=O) groups is 3. The first-order chi connectivity index (χ1) is 13.8. The van der Waals surface area contributed by atoms with Crippen LogP contribution in [0.25, 0.3) is 6.08 Å². The van der Waals surface area contributed by atoms with Crippen molar-refractivity contribution in [1.29, 1.82) is 0 Å². The Hall–Kier alpha value is -3.35. The van der Waals surface area contributed by atoms with E-state index in [0.717, 1.165) is 5.56 Å². The molecule has 7 nitrogen and oxygen atoms in total. The van der Waals surface area contributed by atoms with Gasteiger partial charge in [0.2, 0.25) is 17.7 Å². The van der Waals surface area contributed by atoms with Crippen LogP contribution in [0.15, 0.2) is 59.2 Å². The molecule has 7 heteroatoms. The van der Waals surface area contributed by atoms with E-state index in [-0.39, 0.29) is 12.3 Å². The van der Waals surface area contributed by atoms with Gasteiger partial charge in [0.1, 0.15) is 17.8 Å². The van der Waals surface area contributed by atoms with Gasteiger partial charge in [-0.15, -0.1) is 0 Å². The lowest BCUT2D eigenvalue weighted by Crippen LogP contribution is -2.53. The molecule has 1 aromatic carbocycles. The van der Waals surface area contributed by atoms with Gasteiger partial charge in [-0.25, -0.2) is 0 Å². The van der Waals surface area contributed by atoms with Crippen LogP contribution in [-0.2, 0) is 20.8 Å². The van der Waals surface area contributed by atoms with Crippen LogP contribution in [0.5, 0.6) is 0 Å². The molecule has 154 valence electrons. The van der Waals surface area contributed by atoms with Gasteiger partial charge in [-0.05, 0) is 36.1 Å². The standard InChI is InChI=1S/C22H27N3O4/c1-15(2)13-18(21(23)27)25-22(28)19(14-16-7-4-3-5-8-16)24-20(26)11-10-17-9-6-12-29-17/h3-12,15,18-19H,13-14H2,1-2H3,(H2,23,27)(H,24,26)(H,25,28)/b11-10+/t18-,19-/m0/s1. The first-order valence-electron chi connectivity index (χ1n) is 9.51. The van der Waals surface area contributed by atoms with Crippen LogP contribution in [0.3, 0.4) is 0 Å². The summed E-state index contributed by atoms with van der Waals surface area (Å²) in [4.78, 5) is 36.9. The summed E-state index contributed by atoms with van der Waals surface area (Å²) < 4.78 is 5.15. The highest BCUT2D eigenvalue weighted by Gasteiger charge is 2.26. The molecule has 2 atom stereocenters. The molecule has 1 aromatic heterocycles. The highest BCUT2D eigenvalue weighted by Crippen LogP contribution is 2.08. The molecule has 0 bridgehead atoms. The van der Waals surface area contributed by atoms with Gasteiger partial charge >= 0.3 is 0 Å². The Bertz CT molecular complexity index is 829. The van der Waals surface area contributed by atoms with E-state index in [4.69, 9.17) is 10.2 Å². The highest BCUT2D eigenvalue weighted by molar-refractivity contribution is 5.96. The van der Waals surface area contributed by atoms with Crippen molar-refractivity contribution >= 4 is 23.8 Å². The summed E-state index contributed by atoms with van der Waals surface area (Å²) in [5.74, 6) is -0.814. The molecule has 0 radical (unpaired) electrons. The highest BCUT2D eigenvalue weighted by atomic mass is 16.3. The third kappa shape index (κ3) is 7.65. The van der Waals surface area contributed by atoms with Gasteiger partial charge in [-0.3, -0.25) is 14.4 Å². The third-order valence-corrected chi connectivity index (χ3v) is 4.22. The first kappa shape index (κ1) is 21.9. The summed E-state index contributed by atoms with van der Waals surface area (Å²) >= 11 is 0. The SMILES string of the molecule is CC(C)C[C@H](NC(=O)[C@H](Cc1ccccc1)NC(=O)/C=C/c1ccco1)C(N)=O. The minimum absolute atomic E-state index is 0.172. The van der Waals surface area contributed by atoms with Gasteiger partial charge in [0.05, 0.1) is 6.26 Å². The minimum Gasteiger partial charge on any atom is -0.465 e. The van der Waals surface area contributed by atoms with E-state index < -0.39 is 29.8 Å². The zero-order valence-electron chi connectivity index (χ0n) is 16.6. The lowest BCUT2D eigenvalue weighted by atomic mass is 10.0. The van der Waals surface area contributed by atoms with Crippen molar-refractivity contribution in [3.8, 4) is 0 Å². The predicted molar refractivity (Wildman–Crippen MR) is 110 cm³/mol. The van der Waals surface area contributed by atoms with Gasteiger partial charge < -0.3 is 20.8 Å². The van der Waals surface area contributed by atoms with E-state index in [0.29, 0.717) is 12.2 Å². The number of hydrogen-bond acceptors (Lipinski definition) is 4. The molecule has 0 unspecified atom stereocenters. The van der Waals surface area contributed by atoms with Crippen LogP contribution in [-0.4, -0.2) is 29.8 Å². The van der Waals surface area contributed by atoms with E-state index in [1.165, 1.54) is 18.4 Å². The molecular weight excluding hydrogens is 370 g/mol. The molecule has 2 rings (SSSR count). The zero-order valence-corrected chi connectivity index (χ0v) is 16.6. The minimum atomic E-state index is -0.861. The van der Waals surface area contributed by atoms with Crippen LogP contribution in [0, 0.1) is 5.92 Å². The Balaban J connectivity index is 2.11. The Morgan fingerprint density at radius 3 is 2.34 bits per heavy atom. The average Bonchev–Trinajstić information content (AvgIpc) is 3.19. The number of nitrogens with one attached hydrogen (secondary N) is 2. The second-order valence-electron chi connectivity index (χ2n) is 7.19. The quantitative estimate of drug-likeness (QED) is 0.532. The topological polar surface area (TPSA) is 114 Å². The Morgan fingerprint density at radius 1 is 1.03 bits per heavy atom. The number of carbonyl (C=O) groups excluding carboxylic acids is 3. The summed E-state index contributed by atoms with van der Waals surface area (Å²) in [6.07, 6.45) is 5.01. The lowest BCUT2D eigenvalue weighted by Gasteiger charge is -2.22. The molecule has 0 spiro atoms. The Morgan fingerprint density at radius 2 is 1.76 bits per heavy atom. The molecule has 0 aliphatic carbocycles. The second kappa shape index (κ2) is 10.8. The van der Waals surface area contributed by atoms with E-state index in [2.05, 4.69) is 10.6 Å². The van der Waals surface area contributed by atoms with Crippen LogP contribution in [0.4, 0.5) is 0 Å². The fourth-order valence-corrected chi connectivity index (χ4v) is 2.81. The first-order valence-corrected chi connectivity index (χ1v) is 9.51. The molecule has 0 saturated carbocycles. The fourth-order valence-electron chi connectivity index (χ4n) is 2.81. The molecule has 2 aromatic rings. The number of benzene rings is 1. The number of primary amides is 1. The number of furan rings is 1. The van der Waals surface area contributed by atoms with Crippen LogP contribution in [0.2, 0.25) is 0 Å². The van der Waals surface area contributed by atoms with Crippen molar-refractivity contribution < 1.29 is 18.8 Å². The molecular formula is C22H27N3O4. The molecule has 0 aliphatic heterocycles. The Labute approximate surface area is 170 Å². The van der Waals surface area contributed by atoms with E-state index in [1.807, 2.05) is 44.2 Å². The predicted octanol–water partition coefficient (Wildman–Crippen LogP) is 2.04. The summed E-state index contributed by atoms with van der Waals surface area (Å²) in [5, 5.41) is 5.37. The van der Waals surface area contributed by atoms with Gasteiger partial charge in [0.25, 0.3) is 0 Å². The number of rotatable bonds is 10. The molecule has 29 heavy (non-hydrogen) atoms.